The highest BCUT2D eigenvalue weighted by atomic mass is 16.6. The molecular formula is C26H34N4O5. The molecule has 1 N–H and O–H groups in total. The first-order valence-corrected chi connectivity index (χ1v) is 13.1. The Kier molecular flexibility index (Phi) is 5.94. The Morgan fingerprint density at radius 2 is 1.74 bits per heavy atom. The molecule has 0 radical (unpaired) electrons. The van der Waals surface area contributed by atoms with Crippen molar-refractivity contribution in [3.05, 3.63) is 18.2 Å². The molecule has 0 spiro atoms. The van der Waals surface area contributed by atoms with Gasteiger partial charge in [-0.1, -0.05) is 0 Å². The van der Waals surface area contributed by atoms with Gasteiger partial charge in [-0.25, -0.2) is 4.79 Å². The highest BCUT2D eigenvalue weighted by Gasteiger charge is 2.45. The number of amides is 4. The largest absolute Gasteiger partial charge is 0.486 e. The Balaban J connectivity index is 1.02. The lowest BCUT2D eigenvalue weighted by atomic mass is 9.76. The van der Waals surface area contributed by atoms with Gasteiger partial charge in [-0.2, -0.15) is 0 Å². The minimum atomic E-state index is -0.116. The van der Waals surface area contributed by atoms with Gasteiger partial charge in [-0.15, -0.1) is 0 Å². The average molecular weight is 483 g/mol. The molecule has 188 valence electrons. The summed E-state index contributed by atoms with van der Waals surface area (Å²) in [5, 5.41) is 3.01. The van der Waals surface area contributed by atoms with Gasteiger partial charge in [0.2, 0.25) is 11.8 Å². The van der Waals surface area contributed by atoms with E-state index in [2.05, 4.69) is 10.2 Å². The molecule has 5 heterocycles. The van der Waals surface area contributed by atoms with E-state index in [1.807, 2.05) is 21.9 Å². The van der Waals surface area contributed by atoms with Gasteiger partial charge < -0.3 is 29.5 Å². The number of nitrogens with one attached hydrogen (secondary N) is 1. The predicted molar refractivity (Wildman–Crippen MR) is 128 cm³/mol. The number of carbonyl (C=O) groups is 3. The van der Waals surface area contributed by atoms with Crippen molar-refractivity contribution in [2.24, 2.45) is 17.8 Å². The van der Waals surface area contributed by atoms with Crippen LogP contribution in [0.1, 0.15) is 38.5 Å². The molecule has 5 aliphatic rings. The molecule has 5 aliphatic heterocycles. The fraction of sp³-hybridized carbons (Fsp3) is 0.654. The number of carbonyl (C=O) groups excluding carboxylic acids is 3. The van der Waals surface area contributed by atoms with Crippen LogP contribution in [0.2, 0.25) is 0 Å². The summed E-state index contributed by atoms with van der Waals surface area (Å²) in [6.07, 6.45) is 5.16. The molecule has 0 unspecified atom stereocenters. The molecule has 9 heteroatoms. The predicted octanol–water partition coefficient (Wildman–Crippen LogP) is 2.56. The van der Waals surface area contributed by atoms with Crippen molar-refractivity contribution in [3.63, 3.8) is 0 Å². The Hall–Kier alpha value is -2.97. The molecule has 4 saturated heterocycles. The SMILES string of the molecule is O=C(Nc1ccc2c(c1)OCCO2)C1CCN(C(=O)N2C[C@@H]3C[C@H](C2)[C@H]2CCCC(=O)N2C3)CC1. The maximum Gasteiger partial charge on any atom is 0.320 e. The summed E-state index contributed by atoms with van der Waals surface area (Å²) in [7, 11) is 0. The zero-order valence-electron chi connectivity index (χ0n) is 20.1. The van der Waals surface area contributed by atoms with Crippen LogP contribution in [0, 0.1) is 17.8 Å². The lowest BCUT2D eigenvalue weighted by Crippen LogP contribution is -2.62. The van der Waals surface area contributed by atoms with E-state index in [-0.39, 0.29) is 17.9 Å². The summed E-state index contributed by atoms with van der Waals surface area (Å²) in [5.41, 5.74) is 0.702. The Morgan fingerprint density at radius 3 is 2.57 bits per heavy atom. The van der Waals surface area contributed by atoms with Gasteiger partial charge in [0.05, 0.1) is 0 Å². The molecule has 35 heavy (non-hydrogen) atoms. The van der Waals surface area contributed by atoms with Crippen LogP contribution in [0.15, 0.2) is 18.2 Å². The van der Waals surface area contributed by atoms with Crippen LogP contribution in [0.25, 0.3) is 0 Å². The van der Waals surface area contributed by atoms with Crippen LogP contribution in [0.3, 0.4) is 0 Å². The third-order valence-electron chi connectivity index (χ3n) is 8.40. The first-order valence-electron chi connectivity index (χ1n) is 13.1. The topological polar surface area (TPSA) is 91.4 Å². The number of ether oxygens (including phenoxy) is 2. The number of hydrogen-bond donors (Lipinski definition) is 1. The van der Waals surface area contributed by atoms with Crippen molar-refractivity contribution in [1.82, 2.24) is 14.7 Å². The van der Waals surface area contributed by atoms with Crippen molar-refractivity contribution in [3.8, 4) is 11.5 Å². The summed E-state index contributed by atoms with van der Waals surface area (Å²) in [4.78, 5) is 44.7. The van der Waals surface area contributed by atoms with E-state index >= 15 is 0 Å². The van der Waals surface area contributed by atoms with E-state index in [1.54, 1.807) is 6.07 Å². The van der Waals surface area contributed by atoms with Crippen molar-refractivity contribution >= 4 is 23.5 Å². The lowest BCUT2D eigenvalue weighted by Gasteiger charge is -2.53. The normalized spacial score (nSPS) is 28.4. The summed E-state index contributed by atoms with van der Waals surface area (Å²) in [5.74, 6) is 2.30. The molecule has 2 bridgehead atoms. The first kappa shape index (κ1) is 22.5. The summed E-state index contributed by atoms with van der Waals surface area (Å²) >= 11 is 0. The number of nitrogens with zero attached hydrogens (tertiary/aromatic N) is 3. The highest BCUT2D eigenvalue weighted by molar-refractivity contribution is 5.93. The van der Waals surface area contributed by atoms with Crippen molar-refractivity contribution in [2.75, 3.05) is 51.3 Å². The number of hydrogen-bond acceptors (Lipinski definition) is 5. The summed E-state index contributed by atoms with van der Waals surface area (Å²) in [6.45, 7) is 4.51. The molecule has 4 fully saturated rings. The fourth-order valence-corrected chi connectivity index (χ4v) is 6.66. The van der Waals surface area contributed by atoms with E-state index in [1.165, 1.54) is 0 Å². The number of urea groups is 1. The Morgan fingerprint density at radius 1 is 0.943 bits per heavy atom. The van der Waals surface area contributed by atoms with Gasteiger partial charge in [0.1, 0.15) is 13.2 Å². The highest BCUT2D eigenvalue weighted by Crippen LogP contribution is 2.38. The molecule has 0 saturated carbocycles. The minimum absolute atomic E-state index is 0.0108. The quantitative estimate of drug-likeness (QED) is 0.700. The third kappa shape index (κ3) is 4.41. The molecule has 1 aromatic carbocycles. The fourth-order valence-electron chi connectivity index (χ4n) is 6.66. The second-order valence-electron chi connectivity index (χ2n) is 10.7. The zero-order valence-corrected chi connectivity index (χ0v) is 20.1. The number of likely N-dealkylation sites (tertiary alicyclic amines) is 2. The number of fused-ring (bicyclic) bond motifs is 5. The number of piperidine rings is 4. The van der Waals surface area contributed by atoms with E-state index in [9.17, 15) is 14.4 Å². The Bertz CT molecular complexity index is 1010. The van der Waals surface area contributed by atoms with E-state index in [0.29, 0.717) is 86.5 Å². The Labute approximate surface area is 205 Å². The first-order chi connectivity index (χ1) is 17.0. The summed E-state index contributed by atoms with van der Waals surface area (Å²) in [6, 6.07) is 5.86. The zero-order chi connectivity index (χ0) is 23.9. The monoisotopic (exact) mass is 482 g/mol. The molecule has 4 amide bonds. The molecule has 9 nitrogen and oxygen atoms in total. The second-order valence-corrected chi connectivity index (χ2v) is 10.7. The van der Waals surface area contributed by atoms with Crippen molar-refractivity contribution in [1.29, 1.82) is 0 Å². The van der Waals surface area contributed by atoms with Crippen LogP contribution >= 0.6 is 0 Å². The lowest BCUT2D eigenvalue weighted by molar-refractivity contribution is -0.144. The van der Waals surface area contributed by atoms with Gasteiger partial charge in [0.15, 0.2) is 11.5 Å². The van der Waals surface area contributed by atoms with Crippen molar-refractivity contribution < 1.29 is 23.9 Å². The molecule has 0 aliphatic carbocycles. The molecular weight excluding hydrogens is 448 g/mol. The maximum atomic E-state index is 13.4. The molecule has 6 rings (SSSR count). The third-order valence-corrected chi connectivity index (χ3v) is 8.40. The summed E-state index contributed by atoms with van der Waals surface area (Å²) < 4.78 is 11.1. The van der Waals surface area contributed by atoms with Gasteiger partial charge >= 0.3 is 6.03 Å². The smallest absolute Gasteiger partial charge is 0.320 e. The molecule has 3 atom stereocenters. The van der Waals surface area contributed by atoms with Crippen LogP contribution in [0.5, 0.6) is 11.5 Å². The maximum absolute atomic E-state index is 13.4. The van der Waals surface area contributed by atoms with E-state index < -0.39 is 0 Å². The molecule has 0 aromatic heterocycles. The van der Waals surface area contributed by atoms with Crippen LogP contribution in [0.4, 0.5) is 10.5 Å². The van der Waals surface area contributed by atoms with Crippen LogP contribution < -0.4 is 14.8 Å². The number of anilines is 1. The second kappa shape index (κ2) is 9.24. The van der Waals surface area contributed by atoms with Gasteiger partial charge in [-0.05, 0) is 56.1 Å². The van der Waals surface area contributed by atoms with Gasteiger partial charge in [0, 0.05) is 62.9 Å². The van der Waals surface area contributed by atoms with Crippen molar-refractivity contribution in [2.45, 2.75) is 44.6 Å². The van der Waals surface area contributed by atoms with E-state index in [0.717, 1.165) is 38.9 Å². The van der Waals surface area contributed by atoms with E-state index in [4.69, 9.17) is 9.47 Å². The number of rotatable bonds is 2. The minimum Gasteiger partial charge on any atom is -0.486 e. The van der Waals surface area contributed by atoms with Crippen LogP contribution in [-0.2, 0) is 9.59 Å². The molecule has 1 aromatic rings. The standard InChI is InChI=1S/C26H34N4O5/c31-24-3-1-2-21-19-12-17(15-30(21)24)14-29(16-19)26(33)28-8-6-18(7-9-28)25(32)27-20-4-5-22-23(13-20)35-11-10-34-22/h4-5,13,17-19,21H,1-3,6-12,14-16H2,(H,27,32)/t17-,19+,21+/m0/s1. The number of benzene rings is 1. The average Bonchev–Trinajstić information content (AvgIpc) is 2.89. The van der Waals surface area contributed by atoms with Gasteiger partial charge in [-0.3, -0.25) is 9.59 Å². The van der Waals surface area contributed by atoms with Crippen LogP contribution in [-0.4, -0.2) is 84.5 Å². The van der Waals surface area contributed by atoms with Gasteiger partial charge in [0.25, 0.3) is 0 Å².